The summed E-state index contributed by atoms with van der Waals surface area (Å²) in [5.74, 6) is 1.29. The molecule has 1 aliphatic rings. The van der Waals surface area contributed by atoms with Crippen LogP contribution in [0, 0.1) is 17.3 Å². The summed E-state index contributed by atoms with van der Waals surface area (Å²) in [5, 5.41) is 6.87. The van der Waals surface area contributed by atoms with E-state index in [2.05, 4.69) is 38.0 Å². The first kappa shape index (κ1) is 14.9. The van der Waals surface area contributed by atoms with Crippen LogP contribution in [0.1, 0.15) is 51.6 Å². The van der Waals surface area contributed by atoms with Crippen molar-refractivity contribution in [2.75, 3.05) is 6.54 Å². The van der Waals surface area contributed by atoms with E-state index >= 15 is 0 Å². The molecule has 3 N–H and O–H groups in total. The van der Waals surface area contributed by atoms with Gasteiger partial charge in [0.1, 0.15) is 5.01 Å². The molecule has 2 rings (SSSR count). The smallest absolute Gasteiger partial charge is 0.109 e. The maximum Gasteiger partial charge on any atom is 0.109 e. The summed E-state index contributed by atoms with van der Waals surface area (Å²) in [6.07, 6.45) is 4.27. The Bertz CT molecular complexity index is 388. The Labute approximate surface area is 121 Å². The molecule has 0 aromatic carbocycles. The predicted octanol–water partition coefficient (Wildman–Crippen LogP) is 3.19. The van der Waals surface area contributed by atoms with Gasteiger partial charge in [0.25, 0.3) is 0 Å². The van der Waals surface area contributed by atoms with Crippen molar-refractivity contribution in [3.05, 3.63) is 16.6 Å². The van der Waals surface area contributed by atoms with Gasteiger partial charge in [0.2, 0.25) is 0 Å². The molecule has 1 aromatic rings. The quantitative estimate of drug-likeness (QED) is 0.891. The number of nitrogens with one attached hydrogen (secondary N) is 1. The molecule has 3 nitrogen and oxygen atoms in total. The Morgan fingerprint density at radius 2 is 2.26 bits per heavy atom. The Hall–Kier alpha value is -0.450. The minimum Gasteiger partial charge on any atom is -0.327 e. The third-order valence-electron chi connectivity index (χ3n) is 5.21. The molecule has 19 heavy (non-hydrogen) atoms. The number of thiazole rings is 1. The van der Waals surface area contributed by atoms with E-state index in [1.165, 1.54) is 11.4 Å². The number of nitrogens with two attached hydrogens (primary N) is 1. The molecule has 0 amide bonds. The molecular weight excluding hydrogens is 254 g/mol. The number of hydrogen-bond acceptors (Lipinski definition) is 4. The monoisotopic (exact) mass is 281 g/mol. The van der Waals surface area contributed by atoms with Crippen LogP contribution in [0.2, 0.25) is 0 Å². The average molecular weight is 281 g/mol. The van der Waals surface area contributed by atoms with Gasteiger partial charge in [0.15, 0.2) is 0 Å². The number of aromatic nitrogens is 1. The molecule has 1 aliphatic carbocycles. The summed E-state index contributed by atoms with van der Waals surface area (Å²) in [6, 6.07) is 0.712. The van der Waals surface area contributed by atoms with Crippen LogP contribution in [-0.4, -0.2) is 17.6 Å². The SMILES string of the molecule is CC(NCC1CCC(N)C(C)C1(C)C)c1nccs1. The fourth-order valence-electron chi connectivity index (χ4n) is 3.16. The van der Waals surface area contributed by atoms with Gasteiger partial charge in [-0.05, 0) is 43.6 Å². The first-order valence-electron chi connectivity index (χ1n) is 7.31. The third-order valence-corrected chi connectivity index (χ3v) is 6.17. The average Bonchev–Trinajstić information content (AvgIpc) is 2.89. The van der Waals surface area contributed by atoms with Crippen molar-refractivity contribution in [3.8, 4) is 0 Å². The van der Waals surface area contributed by atoms with Crippen molar-refractivity contribution in [3.63, 3.8) is 0 Å². The van der Waals surface area contributed by atoms with Crippen LogP contribution >= 0.6 is 11.3 Å². The zero-order valence-electron chi connectivity index (χ0n) is 12.5. The predicted molar refractivity (Wildman–Crippen MR) is 82.2 cm³/mol. The molecule has 0 radical (unpaired) electrons. The molecule has 4 heteroatoms. The minimum absolute atomic E-state index is 0.313. The molecule has 108 valence electrons. The lowest BCUT2D eigenvalue weighted by Crippen LogP contribution is -2.49. The van der Waals surface area contributed by atoms with Crippen LogP contribution in [0.15, 0.2) is 11.6 Å². The van der Waals surface area contributed by atoms with E-state index in [4.69, 9.17) is 5.73 Å². The molecule has 1 heterocycles. The third kappa shape index (κ3) is 3.18. The van der Waals surface area contributed by atoms with Crippen molar-refractivity contribution in [1.82, 2.24) is 10.3 Å². The van der Waals surface area contributed by atoms with Gasteiger partial charge >= 0.3 is 0 Å². The van der Waals surface area contributed by atoms with E-state index in [-0.39, 0.29) is 0 Å². The van der Waals surface area contributed by atoms with Crippen LogP contribution in [0.25, 0.3) is 0 Å². The van der Waals surface area contributed by atoms with Crippen LogP contribution in [0.3, 0.4) is 0 Å². The summed E-state index contributed by atoms with van der Waals surface area (Å²) in [4.78, 5) is 4.38. The molecule has 4 unspecified atom stereocenters. The highest BCUT2D eigenvalue weighted by molar-refractivity contribution is 7.09. The lowest BCUT2D eigenvalue weighted by molar-refractivity contribution is 0.0526. The molecule has 1 saturated carbocycles. The summed E-state index contributed by atoms with van der Waals surface area (Å²) >= 11 is 1.72. The molecule has 0 saturated heterocycles. The van der Waals surface area contributed by atoms with E-state index in [1.54, 1.807) is 11.3 Å². The molecular formula is C15H27N3S. The topological polar surface area (TPSA) is 50.9 Å². The Morgan fingerprint density at radius 3 is 2.89 bits per heavy atom. The van der Waals surface area contributed by atoms with Crippen molar-refractivity contribution in [2.24, 2.45) is 23.0 Å². The number of nitrogens with zero attached hydrogens (tertiary/aromatic N) is 1. The molecule has 1 aromatic heterocycles. The van der Waals surface area contributed by atoms with Gasteiger partial charge in [-0.2, -0.15) is 0 Å². The fraction of sp³-hybridized carbons (Fsp3) is 0.800. The summed E-state index contributed by atoms with van der Waals surface area (Å²) in [7, 11) is 0. The lowest BCUT2D eigenvalue weighted by atomic mass is 9.61. The molecule has 1 fully saturated rings. The highest BCUT2D eigenvalue weighted by Gasteiger charge is 2.41. The van der Waals surface area contributed by atoms with Crippen molar-refractivity contribution in [1.29, 1.82) is 0 Å². The zero-order valence-corrected chi connectivity index (χ0v) is 13.3. The standard InChI is InChI=1S/C15H27N3S/c1-10-13(16)6-5-12(15(10,3)4)9-18-11(2)14-17-7-8-19-14/h7-8,10-13,18H,5-6,9,16H2,1-4H3. The van der Waals surface area contributed by atoms with Crippen LogP contribution < -0.4 is 11.1 Å². The van der Waals surface area contributed by atoms with Gasteiger partial charge in [0.05, 0.1) is 6.04 Å². The van der Waals surface area contributed by atoms with E-state index in [0.29, 0.717) is 29.3 Å². The van der Waals surface area contributed by atoms with Gasteiger partial charge in [-0.3, -0.25) is 0 Å². The minimum atomic E-state index is 0.313. The summed E-state index contributed by atoms with van der Waals surface area (Å²) < 4.78 is 0. The molecule has 0 bridgehead atoms. The van der Waals surface area contributed by atoms with E-state index in [0.717, 1.165) is 13.0 Å². The van der Waals surface area contributed by atoms with Crippen molar-refractivity contribution >= 4 is 11.3 Å². The van der Waals surface area contributed by atoms with Gasteiger partial charge < -0.3 is 11.1 Å². The first-order valence-corrected chi connectivity index (χ1v) is 8.19. The molecule has 0 spiro atoms. The number of rotatable bonds is 4. The second-order valence-corrected chi connectivity index (χ2v) is 7.47. The van der Waals surface area contributed by atoms with Crippen LogP contribution in [-0.2, 0) is 0 Å². The van der Waals surface area contributed by atoms with Crippen LogP contribution in [0.4, 0.5) is 0 Å². The lowest BCUT2D eigenvalue weighted by Gasteiger charge is -2.47. The van der Waals surface area contributed by atoms with Crippen molar-refractivity contribution < 1.29 is 0 Å². The van der Waals surface area contributed by atoms with E-state index < -0.39 is 0 Å². The Balaban J connectivity index is 1.92. The Morgan fingerprint density at radius 1 is 1.53 bits per heavy atom. The summed E-state index contributed by atoms with van der Waals surface area (Å²) in [6.45, 7) is 10.3. The first-order chi connectivity index (χ1) is 8.93. The van der Waals surface area contributed by atoms with Gasteiger partial charge in [0, 0.05) is 17.6 Å². The zero-order chi connectivity index (χ0) is 14.0. The molecule has 0 aliphatic heterocycles. The second-order valence-electron chi connectivity index (χ2n) is 6.55. The summed E-state index contributed by atoms with van der Waals surface area (Å²) in [5.41, 5.74) is 6.53. The number of hydrogen-bond donors (Lipinski definition) is 2. The molecule has 4 atom stereocenters. The van der Waals surface area contributed by atoms with Gasteiger partial charge in [-0.1, -0.05) is 20.8 Å². The van der Waals surface area contributed by atoms with E-state index in [1.807, 2.05) is 11.6 Å². The maximum absolute atomic E-state index is 6.22. The fourth-order valence-corrected chi connectivity index (χ4v) is 3.83. The highest BCUT2D eigenvalue weighted by Crippen LogP contribution is 2.44. The normalized spacial score (nSPS) is 32.2. The van der Waals surface area contributed by atoms with E-state index in [9.17, 15) is 0 Å². The van der Waals surface area contributed by atoms with Crippen LogP contribution in [0.5, 0.6) is 0 Å². The Kier molecular flexibility index (Phi) is 4.64. The second kappa shape index (κ2) is 5.90. The maximum atomic E-state index is 6.22. The van der Waals surface area contributed by atoms with Crippen molar-refractivity contribution in [2.45, 2.75) is 52.6 Å². The largest absolute Gasteiger partial charge is 0.327 e. The van der Waals surface area contributed by atoms with Gasteiger partial charge in [-0.15, -0.1) is 11.3 Å². The van der Waals surface area contributed by atoms with Gasteiger partial charge in [-0.25, -0.2) is 4.98 Å². The highest BCUT2D eigenvalue weighted by atomic mass is 32.1.